The lowest BCUT2D eigenvalue weighted by atomic mass is 10.2. The molecule has 0 saturated carbocycles. The topological polar surface area (TPSA) is 16.1 Å². The van der Waals surface area contributed by atoms with Crippen LogP contribution >= 0.6 is 11.3 Å². The van der Waals surface area contributed by atoms with Crippen LogP contribution in [0.3, 0.4) is 0 Å². The van der Waals surface area contributed by atoms with Gasteiger partial charge in [0.1, 0.15) is 0 Å². The van der Waals surface area contributed by atoms with E-state index in [1.165, 1.54) is 24.2 Å². The predicted octanol–water partition coefficient (Wildman–Crippen LogP) is 4.08. The van der Waals surface area contributed by atoms with Crippen molar-refractivity contribution >= 4 is 22.7 Å². The molecule has 0 saturated heterocycles. The van der Waals surface area contributed by atoms with Gasteiger partial charge in [-0.25, -0.2) is 0 Å². The molecule has 2 nitrogen and oxygen atoms in total. The maximum Gasteiger partial charge on any atom is 0.0519 e. The third-order valence-electron chi connectivity index (χ3n) is 2.53. The van der Waals surface area contributed by atoms with Gasteiger partial charge in [0.15, 0.2) is 0 Å². The molecule has 0 atom stereocenters. The zero-order valence-electron chi connectivity index (χ0n) is 9.47. The number of pyridine rings is 1. The minimum absolute atomic E-state index is 1.07. The zero-order valence-corrected chi connectivity index (χ0v) is 10.3. The molecule has 2 aromatic rings. The number of aromatic nitrogens is 1. The van der Waals surface area contributed by atoms with E-state index in [1.54, 1.807) is 11.3 Å². The van der Waals surface area contributed by atoms with Gasteiger partial charge in [0.25, 0.3) is 0 Å². The smallest absolute Gasteiger partial charge is 0.0519 e. The fourth-order valence-electron chi connectivity index (χ4n) is 1.66. The molecule has 0 N–H and O–H groups in total. The average molecular weight is 232 g/mol. The van der Waals surface area contributed by atoms with E-state index in [-0.39, 0.29) is 0 Å². The molecule has 2 heterocycles. The molecule has 0 aliphatic heterocycles. The summed E-state index contributed by atoms with van der Waals surface area (Å²) in [5, 5.41) is 4.31. The molecule has 2 aromatic heterocycles. The molecule has 0 aliphatic carbocycles. The number of hydrogen-bond acceptors (Lipinski definition) is 3. The van der Waals surface area contributed by atoms with E-state index in [4.69, 9.17) is 0 Å². The number of unbranched alkanes of at least 4 members (excludes halogenated alkanes) is 1. The van der Waals surface area contributed by atoms with Crippen molar-refractivity contribution in [2.24, 2.45) is 0 Å². The van der Waals surface area contributed by atoms with Crippen LogP contribution in [0.1, 0.15) is 19.8 Å². The van der Waals surface area contributed by atoms with E-state index >= 15 is 0 Å². The molecule has 0 unspecified atom stereocenters. The number of anilines is 2. The first kappa shape index (κ1) is 11.1. The van der Waals surface area contributed by atoms with Crippen LogP contribution in [0.4, 0.5) is 11.4 Å². The third kappa shape index (κ3) is 2.61. The highest BCUT2D eigenvalue weighted by molar-refractivity contribution is 7.08. The summed E-state index contributed by atoms with van der Waals surface area (Å²) in [6.45, 7) is 3.29. The molecule has 2 rings (SSSR count). The van der Waals surface area contributed by atoms with Crippen molar-refractivity contribution in [3.05, 3.63) is 41.4 Å². The fourth-order valence-corrected chi connectivity index (χ4v) is 2.30. The molecule has 0 fully saturated rings. The van der Waals surface area contributed by atoms with Crippen LogP contribution in [0.2, 0.25) is 0 Å². The second-order valence-electron chi connectivity index (χ2n) is 3.69. The Morgan fingerprint density at radius 3 is 2.62 bits per heavy atom. The van der Waals surface area contributed by atoms with Gasteiger partial charge in [0.2, 0.25) is 0 Å². The van der Waals surface area contributed by atoms with Crippen molar-refractivity contribution in [2.45, 2.75) is 19.8 Å². The van der Waals surface area contributed by atoms with Crippen LogP contribution in [0.25, 0.3) is 0 Å². The van der Waals surface area contributed by atoms with Gasteiger partial charge >= 0.3 is 0 Å². The molecule has 0 bridgehead atoms. The Bertz CT molecular complexity index is 397. The van der Waals surface area contributed by atoms with Crippen molar-refractivity contribution in [1.82, 2.24) is 4.98 Å². The van der Waals surface area contributed by atoms with E-state index in [0.717, 1.165) is 6.54 Å². The zero-order chi connectivity index (χ0) is 11.2. The monoisotopic (exact) mass is 232 g/mol. The highest BCUT2D eigenvalue weighted by Crippen LogP contribution is 2.27. The molecule has 0 aromatic carbocycles. The lowest BCUT2D eigenvalue weighted by Crippen LogP contribution is -2.17. The predicted molar refractivity (Wildman–Crippen MR) is 70.5 cm³/mol. The first-order valence-corrected chi connectivity index (χ1v) is 6.56. The Kier molecular flexibility index (Phi) is 3.94. The van der Waals surface area contributed by atoms with E-state index in [2.05, 4.69) is 45.8 Å². The Morgan fingerprint density at radius 1 is 1.19 bits per heavy atom. The number of hydrogen-bond donors (Lipinski definition) is 0. The summed E-state index contributed by atoms with van der Waals surface area (Å²) in [5.74, 6) is 0. The highest BCUT2D eigenvalue weighted by atomic mass is 32.1. The summed E-state index contributed by atoms with van der Waals surface area (Å²) in [5.41, 5.74) is 2.51. The van der Waals surface area contributed by atoms with Gasteiger partial charge in [-0.05, 0) is 30.0 Å². The fraction of sp³-hybridized carbons (Fsp3) is 0.308. The summed E-state index contributed by atoms with van der Waals surface area (Å²) in [6.07, 6.45) is 6.12. The summed E-state index contributed by atoms with van der Waals surface area (Å²) >= 11 is 1.74. The highest BCUT2D eigenvalue weighted by Gasteiger charge is 2.08. The van der Waals surface area contributed by atoms with E-state index < -0.39 is 0 Å². The van der Waals surface area contributed by atoms with Crippen LogP contribution in [0, 0.1) is 0 Å². The largest absolute Gasteiger partial charge is 0.341 e. The third-order valence-corrected chi connectivity index (χ3v) is 3.20. The Balaban J connectivity index is 2.21. The van der Waals surface area contributed by atoms with Gasteiger partial charge in [-0.3, -0.25) is 4.98 Å². The lowest BCUT2D eigenvalue weighted by Gasteiger charge is -2.23. The molecule has 84 valence electrons. The molecule has 0 radical (unpaired) electrons. The van der Waals surface area contributed by atoms with Crippen molar-refractivity contribution in [3.63, 3.8) is 0 Å². The number of nitrogens with zero attached hydrogens (tertiary/aromatic N) is 2. The van der Waals surface area contributed by atoms with E-state index in [1.807, 2.05) is 12.4 Å². The first-order chi connectivity index (χ1) is 7.92. The van der Waals surface area contributed by atoms with E-state index in [9.17, 15) is 0 Å². The molecule has 0 spiro atoms. The van der Waals surface area contributed by atoms with Gasteiger partial charge in [-0.15, -0.1) is 0 Å². The van der Waals surface area contributed by atoms with Gasteiger partial charge < -0.3 is 4.90 Å². The van der Waals surface area contributed by atoms with Crippen LogP contribution in [0.5, 0.6) is 0 Å². The minimum Gasteiger partial charge on any atom is -0.341 e. The molecule has 0 amide bonds. The Morgan fingerprint density at radius 2 is 2.00 bits per heavy atom. The van der Waals surface area contributed by atoms with Crippen molar-refractivity contribution in [3.8, 4) is 0 Å². The van der Waals surface area contributed by atoms with Crippen LogP contribution in [-0.2, 0) is 0 Å². The molecule has 3 heteroatoms. The molecule has 0 aliphatic rings. The van der Waals surface area contributed by atoms with Gasteiger partial charge in [-0.2, -0.15) is 11.3 Å². The van der Waals surface area contributed by atoms with Crippen LogP contribution < -0.4 is 4.90 Å². The average Bonchev–Trinajstić information content (AvgIpc) is 2.85. The van der Waals surface area contributed by atoms with Gasteiger partial charge in [0.05, 0.1) is 5.69 Å². The number of rotatable bonds is 5. The van der Waals surface area contributed by atoms with Crippen LogP contribution in [-0.4, -0.2) is 11.5 Å². The Labute approximate surface area is 101 Å². The van der Waals surface area contributed by atoms with Crippen molar-refractivity contribution in [1.29, 1.82) is 0 Å². The molecular formula is C13H16N2S. The molecule has 16 heavy (non-hydrogen) atoms. The summed E-state index contributed by atoms with van der Waals surface area (Å²) in [6, 6.07) is 6.29. The quantitative estimate of drug-likeness (QED) is 0.772. The van der Waals surface area contributed by atoms with Gasteiger partial charge in [-0.1, -0.05) is 13.3 Å². The SMILES string of the molecule is CCCCN(c1ccncc1)c1ccsc1. The Hall–Kier alpha value is -1.35. The lowest BCUT2D eigenvalue weighted by molar-refractivity contribution is 0.786. The molecular weight excluding hydrogens is 216 g/mol. The first-order valence-electron chi connectivity index (χ1n) is 5.61. The second-order valence-corrected chi connectivity index (χ2v) is 4.47. The summed E-state index contributed by atoms with van der Waals surface area (Å²) < 4.78 is 0. The normalized spacial score (nSPS) is 10.3. The van der Waals surface area contributed by atoms with Crippen molar-refractivity contribution in [2.75, 3.05) is 11.4 Å². The van der Waals surface area contributed by atoms with Crippen LogP contribution in [0.15, 0.2) is 41.4 Å². The summed E-state index contributed by atoms with van der Waals surface area (Å²) in [4.78, 5) is 6.41. The summed E-state index contributed by atoms with van der Waals surface area (Å²) in [7, 11) is 0. The minimum atomic E-state index is 1.07. The van der Waals surface area contributed by atoms with Crippen molar-refractivity contribution < 1.29 is 0 Å². The van der Waals surface area contributed by atoms with Gasteiger partial charge in [0, 0.05) is 30.0 Å². The van der Waals surface area contributed by atoms with E-state index in [0.29, 0.717) is 0 Å². The number of thiophene rings is 1. The standard InChI is InChI=1S/C13H16N2S/c1-2-3-9-15(13-6-10-16-11-13)12-4-7-14-8-5-12/h4-8,10-11H,2-3,9H2,1H3. The second kappa shape index (κ2) is 5.66. The maximum atomic E-state index is 4.07. The maximum absolute atomic E-state index is 4.07.